The molecule has 0 aliphatic carbocycles. The summed E-state index contributed by atoms with van der Waals surface area (Å²) >= 11 is 0. The number of hydrogen-bond donors (Lipinski definition) is 3. The minimum Gasteiger partial charge on any atom is -0.387 e. The maximum atomic E-state index is 12.9. The van der Waals surface area contributed by atoms with E-state index in [1.807, 2.05) is 27.2 Å². The summed E-state index contributed by atoms with van der Waals surface area (Å²) < 4.78 is 23.6. The predicted molar refractivity (Wildman–Crippen MR) is 281 cm³/mol. The fourth-order valence-electron chi connectivity index (χ4n) is 7.49. The number of hydrogen-bond acceptors (Lipinski definition) is 5. The van der Waals surface area contributed by atoms with Gasteiger partial charge < -0.3 is 19.8 Å². The number of nitrogens with zero attached hydrogens (tertiary/aromatic N) is 1. The topological polar surface area (TPSA) is 105 Å². The van der Waals surface area contributed by atoms with Crippen molar-refractivity contribution in [1.82, 2.24) is 5.32 Å². The van der Waals surface area contributed by atoms with Gasteiger partial charge in [0.15, 0.2) is 0 Å². The third-order valence-corrected chi connectivity index (χ3v) is 12.7. The van der Waals surface area contributed by atoms with Crippen LogP contribution in [0.1, 0.15) is 226 Å². The maximum absolute atomic E-state index is 12.9. The maximum Gasteiger partial charge on any atom is 0.472 e. The molecule has 3 atom stereocenters. The summed E-state index contributed by atoms with van der Waals surface area (Å²) in [5, 5.41) is 13.9. The highest BCUT2D eigenvalue weighted by molar-refractivity contribution is 7.47. The van der Waals surface area contributed by atoms with Gasteiger partial charge in [0.05, 0.1) is 39.9 Å². The normalized spacial score (nSPS) is 14.6. The van der Waals surface area contributed by atoms with Crippen LogP contribution in [0.15, 0.2) is 72.9 Å². The molecule has 378 valence electrons. The second-order valence-corrected chi connectivity index (χ2v) is 20.7. The highest BCUT2D eigenvalue weighted by Crippen LogP contribution is 2.43. The summed E-state index contributed by atoms with van der Waals surface area (Å²) in [6.45, 7) is 4.66. The molecule has 3 unspecified atom stereocenters. The van der Waals surface area contributed by atoms with Crippen molar-refractivity contribution in [1.29, 1.82) is 0 Å². The van der Waals surface area contributed by atoms with E-state index < -0.39 is 20.0 Å². The monoisotopic (exact) mass is 932 g/mol. The molecule has 65 heavy (non-hydrogen) atoms. The number of nitrogens with one attached hydrogen (secondary N) is 1. The van der Waals surface area contributed by atoms with Gasteiger partial charge in [0.2, 0.25) is 5.91 Å². The number of unbranched alkanes of at least 4 members (excludes halogenated alkanes) is 25. The number of aliphatic hydroxyl groups excluding tert-OH is 1. The summed E-state index contributed by atoms with van der Waals surface area (Å²) in [4.78, 5) is 23.2. The summed E-state index contributed by atoms with van der Waals surface area (Å²) in [7, 11) is 1.53. The predicted octanol–water partition coefficient (Wildman–Crippen LogP) is 15.9. The first kappa shape index (κ1) is 62.9. The van der Waals surface area contributed by atoms with Crippen molar-refractivity contribution in [2.24, 2.45) is 0 Å². The third kappa shape index (κ3) is 49.7. The highest BCUT2D eigenvalue weighted by atomic mass is 31.2. The number of quaternary nitrogens is 1. The Bertz CT molecular complexity index is 1290. The summed E-state index contributed by atoms with van der Waals surface area (Å²) in [6, 6.07) is -0.880. The van der Waals surface area contributed by atoms with E-state index in [9.17, 15) is 19.4 Å². The van der Waals surface area contributed by atoms with Gasteiger partial charge in [-0.1, -0.05) is 234 Å². The van der Waals surface area contributed by atoms with E-state index in [2.05, 4.69) is 79.9 Å². The standard InChI is InChI=1S/C56H103N2O6P/c1-6-8-10-12-14-16-18-20-22-24-25-26-27-28-29-30-31-32-34-35-37-39-41-43-45-47-49-55(59)54(53-64-65(61,62)63-52-51-58(3,4)5)57-56(60)50-48-46-44-42-40-38-36-33-23-21-19-17-15-13-11-9-7-2/h9,11,15,17,21,23,36,38,42,44,47,49,54-55,59H,6-8,10,12-14,16,18-20,22,24-35,37,39-41,43,45-46,48,50-53H2,1-5H3,(H-,57,60,61,62)/p+1/b11-9-,17-15-,23-21-,38-36-,44-42-,49-47+. The zero-order valence-corrected chi connectivity index (χ0v) is 43.9. The van der Waals surface area contributed by atoms with Crippen LogP contribution in [-0.2, 0) is 18.4 Å². The summed E-state index contributed by atoms with van der Waals surface area (Å²) in [5.74, 6) is -0.234. The van der Waals surface area contributed by atoms with Gasteiger partial charge in [-0.25, -0.2) is 4.57 Å². The molecule has 0 aliphatic rings. The molecule has 0 spiro atoms. The van der Waals surface area contributed by atoms with Crippen LogP contribution in [0.5, 0.6) is 0 Å². The number of carbonyl (C=O) groups is 1. The SMILES string of the molecule is CC/C=C\C/C=C\C/C=C\C/C=C\C/C=C\CCCC(=O)NC(COP(=O)(O)OCC[N+](C)(C)C)C(O)/C=C/CCCCCCCCCCCCCCCCCCCCCCCCCC. The van der Waals surface area contributed by atoms with Crippen LogP contribution in [0.3, 0.4) is 0 Å². The number of aliphatic hydroxyl groups is 1. The Kier molecular flexibility index (Phi) is 45.5. The molecule has 0 aromatic carbocycles. The lowest BCUT2D eigenvalue weighted by atomic mass is 10.0. The van der Waals surface area contributed by atoms with Gasteiger partial charge in [-0.3, -0.25) is 13.8 Å². The van der Waals surface area contributed by atoms with Crippen molar-refractivity contribution in [3.05, 3.63) is 72.9 Å². The second-order valence-electron chi connectivity index (χ2n) is 19.2. The largest absolute Gasteiger partial charge is 0.472 e. The number of amides is 1. The van der Waals surface area contributed by atoms with Crippen LogP contribution in [0, 0.1) is 0 Å². The van der Waals surface area contributed by atoms with Crippen LogP contribution in [0.2, 0.25) is 0 Å². The zero-order valence-electron chi connectivity index (χ0n) is 43.0. The molecule has 0 bridgehead atoms. The highest BCUT2D eigenvalue weighted by Gasteiger charge is 2.27. The van der Waals surface area contributed by atoms with Crippen molar-refractivity contribution in [3.63, 3.8) is 0 Å². The molecule has 0 aromatic rings. The number of carbonyl (C=O) groups excluding carboxylic acids is 1. The lowest BCUT2D eigenvalue weighted by molar-refractivity contribution is -0.870. The fraction of sp³-hybridized carbons (Fsp3) is 0.768. The first-order valence-corrected chi connectivity index (χ1v) is 28.3. The minimum absolute atomic E-state index is 0.0478. The molecule has 0 aliphatic heterocycles. The van der Waals surface area contributed by atoms with E-state index in [1.165, 1.54) is 141 Å². The Morgan fingerprint density at radius 3 is 1.34 bits per heavy atom. The molecule has 0 rings (SSSR count). The first-order chi connectivity index (χ1) is 31.5. The van der Waals surface area contributed by atoms with Crippen LogP contribution >= 0.6 is 7.82 Å². The van der Waals surface area contributed by atoms with Gasteiger partial charge in [0, 0.05) is 6.42 Å². The van der Waals surface area contributed by atoms with E-state index >= 15 is 0 Å². The van der Waals surface area contributed by atoms with Gasteiger partial charge in [0.25, 0.3) is 0 Å². The average molecular weight is 932 g/mol. The Balaban J connectivity index is 4.31. The van der Waals surface area contributed by atoms with Crippen molar-refractivity contribution in [3.8, 4) is 0 Å². The molecular formula is C56H104N2O6P+. The molecule has 0 heterocycles. The lowest BCUT2D eigenvalue weighted by Crippen LogP contribution is -2.45. The average Bonchev–Trinajstić information content (AvgIpc) is 3.26. The number of rotatable bonds is 48. The molecule has 0 saturated carbocycles. The van der Waals surface area contributed by atoms with Gasteiger partial charge in [-0.15, -0.1) is 0 Å². The minimum atomic E-state index is -4.36. The van der Waals surface area contributed by atoms with E-state index in [-0.39, 0.29) is 25.5 Å². The van der Waals surface area contributed by atoms with Crippen molar-refractivity contribution >= 4 is 13.7 Å². The van der Waals surface area contributed by atoms with Gasteiger partial charge in [0.1, 0.15) is 13.2 Å². The molecule has 9 heteroatoms. The third-order valence-electron chi connectivity index (χ3n) is 11.7. The Hall–Kier alpha value is -2.06. The van der Waals surface area contributed by atoms with Crippen molar-refractivity contribution < 1.29 is 32.9 Å². The Labute approximate surface area is 402 Å². The van der Waals surface area contributed by atoms with E-state index in [0.29, 0.717) is 17.4 Å². The molecule has 0 aromatic heterocycles. The Morgan fingerprint density at radius 2 is 0.923 bits per heavy atom. The summed E-state index contributed by atoms with van der Waals surface area (Å²) in [5.41, 5.74) is 0. The van der Waals surface area contributed by atoms with Gasteiger partial charge in [-0.05, 0) is 57.8 Å². The lowest BCUT2D eigenvalue weighted by Gasteiger charge is -2.25. The number of phosphoric acid groups is 1. The quantitative estimate of drug-likeness (QED) is 0.0243. The summed E-state index contributed by atoms with van der Waals surface area (Å²) in [6.07, 6.45) is 64.4. The van der Waals surface area contributed by atoms with Crippen LogP contribution in [0.25, 0.3) is 0 Å². The van der Waals surface area contributed by atoms with Crippen LogP contribution in [0.4, 0.5) is 0 Å². The van der Waals surface area contributed by atoms with E-state index in [0.717, 1.165) is 57.8 Å². The van der Waals surface area contributed by atoms with Crippen molar-refractivity contribution in [2.45, 2.75) is 238 Å². The zero-order chi connectivity index (χ0) is 47.8. The smallest absolute Gasteiger partial charge is 0.387 e. The fourth-order valence-corrected chi connectivity index (χ4v) is 8.23. The molecule has 0 fully saturated rings. The number of phosphoric ester groups is 1. The van der Waals surface area contributed by atoms with Crippen LogP contribution < -0.4 is 5.32 Å². The number of likely N-dealkylation sites (N-methyl/N-ethyl adjacent to an activating group) is 1. The first-order valence-electron chi connectivity index (χ1n) is 26.8. The van der Waals surface area contributed by atoms with E-state index in [1.54, 1.807) is 6.08 Å². The molecule has 3 N–H and O–H groups in total. The second kappa shape index (κ2) is 47.0. The molecule has 0 saturated heterocycles. The molecule has 8 nitrogen and oxygen atoms in total. The van der Waals surface area contributed by atoms with Gasteiger partial charge in [-0.2, -0.15) is 0 Å². The molecular weight excluding hydrogens is 828 g/mol. The molecule has 1 amide bonds. The Morgan fingerprint density at radius 1 is 0.538 bits per heavy atom. The van der Waals surface area contributed by atoms with Gasteiger partial charge >= 0.3 is 7.82 Å². The number of allylic oxidation sites excluding steroid dienone is 11. The van der Waals surface area contributed by atoms with Crippen LogP contribution in [-0.4, -0.2) is 73.4 Å². The molecule has 0 radical (unpaired) electrons. The van der Waals surface area contributed by atoms with E-state index in [4.69, 9.17) is 9.05 Å². The van der Waals surface area contributed by atoms with Crippen molar-refractivity contribution in [2.75, 3.05) is 40.9 Å².